The van der Waals surface area contributed by atoms with Gasteiger partial charge in [-0.2, -0.15) is 0 Å². The number of nitrogens with zero attached hydrogens (tertiary/aromatic N) is 2. The predicted molar refractivity (Wildman–Crippen MR) is 200 cm³/mol. The second-order valence-corrected chi connectivity index (χ2v) is 14.6. The fourth-order valence-corrected chi connectivity index (χ4v) is 6.58. The van der Waals surface area contributed by atoms with Gasteiger partial charge in [0.1, 0.15) is 12.6 Å². The zero-order valence-electron chi connectivity index (χ0n) is 30.1. The molecule has 0 spiro atoms. The van der Waals surface area contributed by atoms with Crippen molar-refractivity contribution in [1.29, 1.82) is 0 Å². The molecule has 2 aromatic heterocycles. The number of amides is 3. The summed E-state index contributed by atoms with van der Waals surface area (Å²) in [5.41, 5.74) is 3.50. The van der Waals surface area contributed by atoms with E-state index in [0.29, 0.717) is 25.2 Å². The largest absolute Gasteiger partial charge is 0.445 e. The zero-order chi connectivity index (χ0) is 36.8. The highest BCUT2D eigenvalue weighted by Crippen LogP contribution is 2.21. The van der Waals surface area contributed by atoms with Crippen LogP contribution in [-0.4, -0.2) is 57.2 Å². The Morgan fingerprint density at radius 3 is 2.02 bits per heavy atom. The van der Waals surface area contributed by atoms with Crippen LogP contribution in [0.5, 0.6) is 0 Å². The summed E-state index contributed by atoms with van der Waals surface area (Å²) in [5.74, 6) is -0.819. The molecule has 4 rings (SSSR count). The average Bonchev–Trinajstić information content (AvgIpc) is 3.59. The zero-order valence-corrected chi connectivity index (χ0v) is 30.9. The molecule has 0 aliphatic rings. The number of rotatable bonds is 18. The molecule has 10 nitrogen and oxygen atoms in total. The van der Waals surface area contributed by atoms with E-state index in [4.69, 9.17) is 4.74 Å². The third-order valence-corrected chi connectivity index (χ3v) is 9.82. The van der Waals surface area contributed by atoms with Crippen LogP contribution in [0.3, 0.4) is 0 Å². The number of alkyl carbamates (subject to hydrolysis) is 1. The fraction of sp³-hybridized carbons (Fsp3) is 0.425. The molecule has 5 unspecified atom stereocenters. The molecule has 3 amide bonds. The topological polar surface area (TPSA) is 143 Å². The van der Waals surface area contributed by atoms with Crippen LogP contribution in [0.2, 0.25) is 0 Å². The van der Waals surface area contributed by atoms with Crippen molar-refractivity contribution in [1.82, 2.24) is 25.9 Å². The van der Waals surface area contributed by atoms with E-state index < -0.39 is 30.3 Å². The smallest absolute Gasteiger partial charge is 0.407 e. The number of aliphatic hydroxyl groups excluding tert-OH is 1. The summed E-state index contributed by atoms with van der Waals surface area (Å²) in [6.07, 6.45) is 2.94. The van der Waals surface area contributed by atoms with Gasteiger partial charge in [0.25, 0.3) is 0 Å². The molecule has 0 aliphatic carbocycles. The Morgan fingerprint density at radius 2 is 1.43 bits per heavy atom. The Bertz CT molecular complexity index is 1650. The lowest BCUT2D eigenvalue weighted by Gasteiger charge is -2.30. The maximum absolute atomic E-state index is 13.9. The van der Waals surface area contributed by atoms with E-state index in [9.17, 15) is 19.5 Å². The van der Waals surface area contributed by atoms with Gasteiger partial charge in [-0.1, -0.05) is 101 Å². The summed E-state index contributed by atoms with van der Waals surface area (Å²) < 4.78 is 5.46. The summed E-state index contributed by atoms with van der Waals surface area (Å²) in [6, 6.07) is 20.8. The molecule has 5 atom stereocenters. The van der Waals surface area contributed by atoms with Gasteiger partial charge < -0.3 is 25.8 Å². The van der Waals surface area contributed by atoms with Crippen molar-refractivity contribution in [3.63, 3.8) is 0 Å². The number of aliphatic hydroxyl groups is 1. The van der Waals surface area contributed by atoms with Crippen LogP contribution in [0.1, 0.15) is 74.3 Å². The van der Waals surface area contributed by atoms with Gasteiger partial charge in [-0.25, -0.2) is 9.78 Å². The second-order valence-electron chi connectivity index (χ2n) is 13.7. The lowest BCUT2D eigenvalue weighted by atomic mass is 9.93. The lowest BCUT2D eigenvalue weighted by Crippen LogP contribution is -2.55. The molecule has 272 valence electrons. The van der Waals surface area contributed by atoms with E-state index in [1.165, 1.54) is 0 Å². The lowest BCUT2D eigenvalue weighted by molar-refractivity contribution is -0.132. The highest BCUT2D eigenvalue weighted by atomic mass is 32.1. The van der Waals surface area contributed by atoms with Crippen LogP contribution >= 0.6 is 11.3 Å². The first kappa shape index (κ1) is 39.2. The number of nitrogens with one attached hydrogen (secondary N) is 3. The van der Waals surface area contributed by atoms with E-state index in [0.717, 1.165) is 27.4 Å². The number of pyridine rings is 1. The van der Waals surface area contributed by atoms with E-state index >= 15 is 0 Å². The molecule has 0 bridgehead atoms. The summed E-state index contributed by atoms with van der Waals surface area (Å²) in [6.45, 7) is 9.84. The molecular formula is C40H51N5O5S. The van der Waals surface area contributed by atoms with Gasteiger partial charge >= 0.3 is 6.09 Å². The molecule has 51 heavy (non-hydrogen) atoms. The third-order valence-electron chi connectivity index (χ3n) is 8.63. The monoisotopic (exact) mass is 713 g/mol. The Labute approximate surface area is 305 Å². The van der Waals surface area contributed by atoms with Crippen molar-refractivity contribution < 1.29 is 24.2 Å². The average molecular weight is 714 g/mol. The first-order chi connectivity index (χ1) is 24.5. The van der Waals surface area contributed by atoms with Crippen molar-refractivity contribution in [2.24, 2.45) is 11.8 Å². The van der Waals surface area contributed by atoms with Crippen LogP contribution < -0.4 is 16.0 Å². The Kier molecular flexibility index (Phi) is 15.1. The maximum Gasteiger partial charge on any atom is 0.407 e. The van der Waals surface area contributed by atoms with Gasteiger partial charge in [0.15, 0.2) is 0 Å². The number of benzene rings is 2. The number of hydrogen-bond acceptors (Lipinski definition) is 8. The van der Waals surface area contributed by atoms with Gasteiger partial charge in [0.2, 0.25) is 11.8 Å². The molecule has 4 N–H and O–H groups in total. The molecule has 4 aromatic rings. The number of aromatic nitrogens is 2. The summed E-state index contributed by atoms with van der Waals surface area (Å²) in [5, 5.41) is 23.7. The van der Waals surface area contributed by atoms with Crippen molar-refractivity contribution in [2.45, 2.75) is 97.1 Å². The van der Waals surface area contributed by atoms with Gasteiger partial charge in [-0.05, 0) is 42.4 Å². The minimum atomic E-state index is -1.05. The van der Waals surface area contributed by atoms with Crippen molar-refractivity contribution in [2.75, 3.05) is 0 Å². The van der Waals surface area contributed by atoms with E-state index in [-0.39, 0.29) is 36.7 Å². The van der Waals surface area contributed by atoms with Crippen molar-refractivity contribution in [3.05, 3.63) is 118 Å². The summed E-state index contributed by atoms with van der Waals surface area (Å²) >= 11 is 1.59. The second kappa shape index (κ2) is 19.7. The predicted octanol–water partition coefficient (Wildman–Crippen LogP) is 6.00. The minimum Gasteiger partial charge on any atom is -0.445 e. The number of carbonyl (C=O) groups excluding carboxylic acids is 3. The van der Waals surface area contributed by atoms with Gasteiger partial charge in [0, 0.05) is 47.6 Å². The Morgan fingerprint density at radius 1 is 0.784 bits per heavy atom. The molecule has 0 saturated carbocycles. The molecule has 11 heteroatoms. The molecule has 0 aliphatic heterocycles. The SMILES string of the molecule is CC(Cc1csc(C(C)C)n1)C(=O)NC(C(=O)NC(Cc1ccccc1)CC(O)C(Cc1ccccc1)NC(=O)OCc1cccnc1)C(C)C. The number of hydrogen-bond donors (Lipinski definition) is 4. The third kappa shape index (κ3) is 12.9. The van der Waals surface area contributed by atoms with E-state index in [1.54, 1.807) is 29.8 Å². The van der Waals surface area contributed by atoms with Crippen molar-refractivity contribution in [3.8, 4) is 0 Å². The number of carbonyl (C=O) groups is 3. The van der Waals surface area contributed by atoms with Crippen LogP contribution in [0.15, 0.2) is 90.6 Å². The molecule has 0 fully saturated rings. The fourth-order valence-electron chi connectivity index (χ4n) is 5.73. The first-order valence-corrected chi connectivity index (χ1v) is 18.5. The van der Waals surface area contributed by atoms with Gasteiger partial charge in [-0.15, -0.1) is 11.3 Å². The van der Waals surface area contributed by atoms with Crippen LogP contribution in [0.25, 0.3) is 0 Å². The first-order valence-electron chi connectivity index (χ1n) is 17.6. The Balaban J connectivity index is 1.47. The highest BCUT2D eigenvalue weighted by molar-refractivity contribution is 7.09. The standard InChI is InChI=1S/C40H51N5O5S/c1-26(2)36(45-37(47)28(5)19-33-25-51-39(43-33)27(3)4)38(48)42-32(20-29-13-8-6-9-14-29)22-35(46)34(21-30-15-10-7-11-16-30)44-40(49)50-24-31-17-12-18-41-23-31/h6-18,23,25-28,32,34-36,46H,19-22,24H2,1-5H3,(H,42,48)(H,44,49)(H,45,47). The molecule has 0 radical (unpaired) electrons. The van der Waals surface area contributed by atoms with Crippen LogP contribution in [-0.2, 0) is 40.2 Å². The summed E-state index contributed by atoms with van der Waals surface area (Å²) in [4.78, 5) is 49.0. The number of thiazole rings is 1. The van der Waals surface area contributed by atoms with Crippen LogP contribution in [0.4, 0.5) is 4.79 Å². The number of ether oxygens (including phenoxy) is 1. The van der Waals surface area contributed by atoms with E-state index in [1.807, 2.05) is 92.9 Å². The normalized spacial score (nSPS) is 14.3. The molecule has 0 saturated heterocycles. The maximum atomic E-state index is 13.9. The minimum absolute atomic E-state index is 0.0319. The molecule has 2 heterocycles. The Hall–Kier alpha value is -4.61. The molecule has 2 aromatic carbocycles. The van der Waals surface area contributed by atoms with Gasteiger partial charge in [0.05, 0.1) is 22.8 Å². The quantitative estimate of drug-likeness (QED) is 0.0992. The highest BCUT2D eigenvalue weighted by Gasteiger charge is 2.31. The van der Waals surface area contributed by atoms with Gasteiger partial charge in [-0.3, -0.25) is 14.6 Å². The van der Waals surface area contributed by atoms with Crippen molar-refractivity contribution >= 4 is 29.2 Å². The summed E-state index contributed by atoms with van der Waals surface area (Å²) in [7, 11) is 0. The van der Waals surface area contributed by atoms with E-state index in [2.05, 4.69) is 39.8 Å². The van der Waals surface area contributed by atoms with Crippen LogP contribution in [0, 0.1) is 11.8 Å². The molecular weight excluding hydrogens is 663 g/mol.